The highest BCUT2D eigenvalue weighted by Gasteiger charge is 2.39. The van der Waals surface area contributed by atoms with Gasteiger partial charge in [-0.05, 0) is 12.1 Å². The summed E-state index contributed by atoms with van der Waals surface area (Å²) in [6.07, 6.45) is -2.83. The number of benzene rings is 1. The lowest BCUT2D eigenvalue weighted by molar-refractivity contribution is -0.0588. The molecule has 7 nitrogen and oxygen atoms in total. The maximum absolute atomic E-state index is 12.7. The zero-order chi connectivity index (χ0) is 16.7. The van der Waals surface area contributed by atoms with E-state index in [-0.39, 0.29) is 11.1 Å². The molecule has 23 heavy (non-hydrogen) atoms. The molecule has 1 aliphatic heterocycles. The van der Waals surface area contributed by atoms with Crippen LogP contribution in [0.3, 0.4) is 0 Å². The molecule has 1 aliphatic rings. The first-order valence-corrected chi connectivity index (χ1v) is 6.42. The fourth-order valence-electron chi connectivity index (χ4n) is 2.17. The molecule has 0 radical (unpaired) electrons. The van der Waals surface area contributed by atoms with Gasteiger partial charge in [-0.15, -0.1) is 0 Å². The number of nitrogens with zero attached hydrogens (tertiary/aromatic N) is 3. The predicted molar refractivity (Wildman–Crippen MR) is 70.5 cm³/mol. The fourth-order valence-corrected chi connectivity index (χ4v) is 2.17. The molecule has 0 fully saturated rings. The van der Waals surface area contributed by atoms with Gasteiger partial charge in [-0.3, -0.25) is 14.3 Å². The first-order valence-electron chi connectivity index (χ1n) is 6.42. The lowest BCUT2D eigenvalue weighted by atomic mass is 10.1. The maximum Gasteiger partial charge on any atom is 0.384 e. The molecule has 0 N–H and O–H groups in total. The van der Waals surface area contributed by atoms with Crippen LogP contribution in [0.5, 0.6) is 0 Å². The average molecular weight is 321 g/mol. The number of imide groups is 1. The molecule has 2 amide bonds. The van der Waals surface area contributed by atoms with Gasteiger partial charge in [0.05, 0.1) is 11.1 Å². The lowest BCUT2D eigenvalue weighted by Crippen LogP contribution is -2.32. The molecule has 3 rings (SSSR count). The van der Waals surface area contributed by atoms with Gasteiger partial charge in [0, 0.05) is 13.1 Å². The number of carbonyl (C=O) groups is 3. The summed E-state index contributed by atoms with van der Waals surface area (Å²) in [5.41, 5.74) is -0.724. The van der Waals surface area contributed by atoms with Crippen molar-refractivity contribution in [3.63, 3.8) is 0 Å². The van der Waals surface area contributed by atoms with Gasteiger partial charge >= 0.3 is 5.97 Å². The van der Waals surface area contributed by atoms with E-state index in [2.05, 4.69) is 5.10 Å². The Hall–Kier alpha value is -3.10. The number of amides is 2. The second-order valence-corrected chi connectivity index (χ2v) is 4.71. The SMILES string of the molecule is Cn1nc(C(=O)ON2C(=O)c3ccccc3C2=O)cc1C(F)F. The Morgan fingerprint density at radius 2 is 1.74 bits per heavy atom. The Labute approximate surface area is 128 Å². The van der Waals surface area contributed by atoms with Crippen LogP contribution in [0.15, 0.2) is 30.3 Å². The Bertz CT molecular complexity index is 796. The molecule has 0 bridgehead atoms. The van der Waals surface area contributed by atoms with Crippen molar-refractivity contribution in [2.45, 2.75) is 6.43 Å². The molecule has 1 aromatic heterocycles. The van der Waals surface area contributed by atoms with E-state index in [1.54, 1.807) is 12.1 Å². The summed E-state index contributed by atoms with van der Waals surface area (Å²) in [5, 5.41) is 3.88. The molecule has 0 spiro atoms. The van der Waals surface area contributed by atoms with Crippen LogP contribution in [0.25, 0.3) is 0 Å². The van der Waals surface area contributed by atoms with Crippen molar-refractivity contribution in [2.75, 3.05) is 0 Å². The van der Waals surface area contributed by atoms with E-state index >= 15 is 0 Å². The number of hydroxylamine groups is 2. The Morgan fingerprint density at radius 3 is 2.22 bits per heavy atom. The van der Waals surface area contributed by atoms with Crippen molar-refractivity contribution in [1.29, 1.82) is 0 Å². The topological polar surface area (TPSA) is 81.5 Å². The van der Waals surface area contributed by atoms with Gasteiger partial charge < -0.3 is 4.84 Å². The molecule has 0 unspecified atom stereocenters. The zero-order valence-electron chi connectivity index (χ0n) is 11.7. The van der Waals surface area contributed by atoms with E-state index in [0.29, 0.717) is 5.06 Å². The van der Waals surface area contributed by atoms with Crippen LogP contribution in [0.4, 0.5) is 8.78 Å². The van der Waals surface area contributed by atoms with Gasteiger partial charge in [0.2, 0.25) is 0 Å². The first kappa shape index (κ1) is 14.8. The molecule has 0 aliphatic carbocycles. The molecule has 9 heteroatoms. The number of alkyl halides is 2. The summed E-state index contributed by atoms with van der Waals surface area (Å²) in [7, 11) is 1.24. The number of hydrogen-bond acceptors (Lipinski definition) is 5. The summed E-state index contributed by atoms with van der Waals surface area (Å²) in [4.78, 5) is 40.7. The quantitative estimate of drug-likeness (QED) is 0.804. The minimum Gasteiger partial charge on any atom is -0.322 e. The van der Waals surface area contributed by atoms with Crippen LogP contribution in [0.2, 0.25) is 0 Å². The first-order chi connectivity index (χ1) is 10.9. The van der Waals surface area contributed by atoms with Gasteiger partial charge in [-0.2, -0.15) is 5.10 Å². The molecule has 0 saturated carbocycles. The third kappa shape index (κ3) is 2.35. The highest BCUT2D eigenvalue weighted by atomic mass is 19.3. The van der Waals surface area contributed by atoms with Crippen LogP contribution >= 0.6 is 0 Å². The van der Waals surface area contributed by atoms with Gasteiger partial charge in [0.25, 0.3) is 18.2 Å². The summed E-state index contributed by atoms with van der Waals surface area (Å²) in [6.45, 7) is 0. The molecular formula is C14H9F2N3O4. The maximum atomic E-state index is 12.7. The molecule has 118 valence electrons. The Morgan fingerprint density at radius 1 is 1.17 bits per heavy atom. The molecule has 2 aromatic rings. The number of halogens is 2. The minimum atomic E-state index is -2.83. The molecular weight excluding hydrogens is 312 g/mol. The van der Waals surface area contributed by atoms with Crippen LogP contribution in [0, 0.1) is 0 Å². The van der Waals surface area contributed by atoms with E-state index in [9.17, 15) is 23.2 Å². The smallest absolute Gasteiger partial charge is 0.322 e. The number of aryl methyl sites for hydroxylation is 1. The van der Waals surface area contributed by atoms with E-state index in [0.717, 1.165) is 10.7 Å². The van der Waals surface area contributed by atoms with E-state index in [1.165, 1.54) is 19.2 Å². The highest BCUT2D eigenvalue weighted by molar-refractivity contribution is 6.21. The number of hydrogen-bond donors (Lipinski definition) is 0. The number of rotatable bonds is 3. The Balaban J connectivity index is 1.83. The monoisotopic (exact) mass is 321 g/mol. The molecule has 1 aromatic carbocycles. The fraction of sp³-hybridized carbons (Fsp3) is 0.143. The van der Waals surface area contributed by atoms with Crippen molar-refractivity contribution in [3.8, 4) is 0 Å². The van der Waals surface area contributed by atoms with E-state index < -0.39 is 35.6 Å². The number of fused-ring (bicyclic) bond motifs is 1. The number of carbonyl (C=O) groups excluding carboxylic acids is 3. The van der Waals surface area contributed by atoms with E-state index in [4.69, 9.17) is 4.84 Å². The predicted octanol–water partition coefficient (Wildman–Crippen LogP) is 1.73. The van der Waals surface area contributed by atoms with Crippen molar-refractivity contribution in [2.24, 2.45) is 7.05 Å². The second kappa shape index (κ2) is 5.27. The van der Waals surface area contributed by atoms with Crippen molar-refractivity contribution in [3.05, 3.63) is 52.8 Å². The lowest BCUT2D eigenvalue weighted by Gasteiger charge is -2.11. The van der Waals surface area contributed by atoms with Gasteiger partial charge in [-0.1, -0.05) is 17.2 Å². The second-order valence-electron chi connectivity index (χ2n) is 4.71. The summed E-state index contributed by atoms with van der Waals surface area (Å²) >= 11 is 0. The normalized spacial score (nSPS) is 13.7. The van der Waals surface area contributed by atoms with Gasteiger partial charge in [0.1, 0.15) is 5.69 Å². The zero-order valence-corrected chi connectivity index (χ0v) is 11.7. The molecule has 2 heterocycles. The van der Waals surface area contributed by atoms with Gasteiger partial charge in [-0.25, -0.2) is 13.6 Å². The standard InChI is InChI=1S/C14H9F2N3O4/c1-18-10(11(15)16)6-9(17-18)14(22)23-19-12(20)7-4-2-3-5-8(7)13(19)21/h2-6,11H,1H3. The third-order valence-corrected chi connectivity index (χ3v) is 3.28. The largest absolute Gasteiger partial charge is 0.384 e. The summed E-state index contributed by atoms with van der Waals surface area (Å²) < 4.78 is 26.2. The summed E-state index contributed by atoms with van der Waals surface area (Å²) in [5.74, 6) is -2.78. The van der Waals surface area contributed by atoms with Crippen molar-refractivity contribution in [1.82, 2.24) is 14.8 Å². The van der Waals surface area contributed by atoms with Crippen molar-refractivity contribution >= 4 is 17.8 Å². The highest BCUT2D eigenvalue weighted by Crippen LogP contribution is 2.24. The molecule has 0 saturated heterocycles. The van der Waals surface area contributed by atoms with Crippen molar-refractivity contribution < 1.29 is 28.0 Å². The number of aromatic nitrogens is 2. The van der Waals surface area contributed by atoms with Crippen LogP contribution in [-0.4, -0.2) is 32.6 Å². The minimum absolute atomic E-state index is 0.0968. The third-order valence-electron chi connectivity index (χ3n) is 3.28. The molecule has 0 atom stereocenters. The van der Waals surface area contributed by atoms with Crippen LogP contribution < -0.4 is 0 Å². The van der Waals surface area contributed by atoms with Crippen LogP contribution in [-0.2, 0) is 11.9 Å². The Kier molecular flexibility index (Phi) is 3.40. The van der Waals surface area contributed by atoms with Gasteiger partial charge in [0.15, 0.2) is 5.69 Å². The average Bonchev–Trinajstić information content (AvgIpc) is 3.02. The summed E-state index contributed by atoms with van der Waals surface area (Å²) in [6, 6.07) is 6.79. The van der Waals surface area contributed by atoms with E-state index in [1.807, 2.05) is 0 Å². The van der Waals surface area contributed by atoms with Crippen LogP contribution in [0.1, 0.15) is 43.3 Å².